The lowest BCUT2D eigenvalue weighted by molar-refractivity contribution is 0.0953. The molecule has 0 fully saturated rings. The lowest BCUT2D eigenvalue weighted by Gasteiger charge is -2.08. The second kappa shape index (κ2) is 7.65. The molecule has 1 aromatic carbocycles. The Bertz CT molecular complexity index is 540. The average Bonchev–Trinajstić information content (AvgIpc) is 3.00. The van der Waals surface area contributed by atoms with Crippen LogP contribution in [0, 0.1) is 0 Å². The molecule has 0 aliphatic rings. The summed E-state index contributed by atoms with van der Waals surface area (Å²) in [7, 11) is 1.56. The fourth-order valence-electron chi connectivity index (χ4n) is 1.73. The van der Waals surface area contributed by atoms with Crippen LogP contribution in [0.25, 0.3) is 0 Å². The first-order chi connectivity index (χ1) is 9.81. The van der Waals surface area contributed by atoms with Gasteiger partial charge in [0.2, 0.25) is 0 Å². The van der Waals surface area contributed by atoms with Gasteiger partial charge in [-0.25, -0.2) is 0 Å². The standard InChI is InChI=1S/C15H17NO3S/c1-18-14-7-3-2-6-13(14)15(17)16-8-10-20-11-12-5-4-9-19-12/h2-7,9H,8,10-11H2,1H3,(H,16,17). The van der Waals surface area contributed by atoms with Gasteiger partial charge in [-0.15, -0.1) is 0 Å². The van der Waals surface area contributed by atoms with Crippen LogP contribution in [0.5, 0.6) is 5.75 Å². The smallest absolute Gasteiger partial charge is 0.255 e. The molecule has 2 aromatic rings. The van der Waals surface area contributed by atoms with Gasteiger partial charge in [0.25, 0.3) is 5.91 Å². The average molecular weight is 291 g/mol. The van der Waals surface area contributed by atoms with Crippen molar-refractivity contribution in [1.82, 2.24) is 5.32 Å². The monoisotopic (exact) mass is 291 g/mol. The molecule has 0 bridgehead atoms. The Labute approximate surface area is 122 Å². The molecular weight excluding hydrogens is 274 g/mol. The summed E-state index contributed by atoms with van der Waals surface area (Å²) in [5, 5.41) is 2.88. The first kappa shape index (κ1) is 14.5. The first-order valence-corrected chi connectivity index (χ1v) is 7.48. The minimum Gasteiger partial charge on any atom is -0.496 e. The third-order valence-corrected chi connectivity index (χ3v) is 3.69. The van der Waals surface area contributed by atoms with Crippen LogP contribution in [0.1, 0.15) is 16.1 Å². The molecule has 1 heterocycles. The number of amides is 1. The zero-order valence-corrected chi connectivity index (χ0v) is 12.1. The van der Waals surface area contributed by atoms with Crippen LogP contribution >= 0.6 is 11.8 Å². The van der Waals surface area contributed by atoms with Crippen LogP contribution in [0.15, 0.2) is 47.1 Å². The van der Waals surface area contributed by atoms with Gasteiger partial charge in [-0.1, -0.05) is 12.1 Å². The van der Waals surface area contributed by atoms with E-state index in [1.807, 2.05) is 24.3 Å². The quantitative estimate of drug-likeness (QED) is 0.797. The van der Waals surface area contributed by atoms with Crippen LogP contribution in [-0.2, 0) is 5.75 Å². The highest BCUT2D eigenvalue weighted by Crippen LogP contribution is 2.17. The Morgan fingerprint density at radius 2 is 2.15 bits per heavy atom. The largest absolute Gasteiger partial charge is 0.496 e. The van der Waals surface area contributed by atoms with Gasteiger partial charge < -0.3 is 14.5 Å². The SMILES string of the molecule is COc1ccccc1C(=O)NCCSCc1ccco1. The van der Waals surface area contributed by atoms with Crippen molar-refractivity contribution in [2.45, 2.75) is 5.75 Å². The van der Waals surface area contributed by atoms with Crippen LogP contribution in [0.2, 0.25) is 0 Å². The maximum absolute atomic E-state index is 12.0. The topological polar surface area (TPSA) is 51.5 Å². The van der Waals surface area contributed by atoms with Gasteiger partial charge in [0.15, 0.2) is 0 Å². The second-order valence-electron chi connectivity index (χ2n) is 4.09. The van der Waals surface area contributed by atoms with E-state index in [-0.39, 0.29) is 5.91 Å². The van der Waals surface area contributed by atoms with Gasteiger partial charge in [0.1, 0.15) is 11.5 Å². The van der Waals surface area contributed by atoms with Crippen molar-refractivity contribution in [2.24, 2.45) is 0 Å². The molecule has 0 aliphatic heterocycles. The van der Waals surface area contributed by atoms with E-state index in [4.69, 9.17) is 9.15 Å². The Morgan fingerprint density at radius 1 is 1.30 bits per heavy atom. The van der Waals surface area contributed by atoms with Crippen molar-refractivity contribution in [3.8, 4) is 5.75 Å². The number of nitrogens with one attached hydrogen (secondary N) is 1. The Kier molecular flexibility index (Phi) is 5.55. The normalized spacial score (nSPS) is 10.2. The summed E-state index contributed by atoms with van der Waals surface area (Å²) >= 11 is 1.72. The maximum atomic E-state index is 12.0. The highest BCUT2D eigenvalue weighted by molar-refractivity contribution is 7.98. The number of hydrogen-bond acceptors (Lipinski definition) is 4. The van der Waals surface area contributed by atoms with E-state index < -0.39 is 0 Å². The molecular formula is C15H17NO3S. The van der Waals surface area contributed by atoms with Gasteiger partial charge in [-0.3, -0.25) is 4.79 Å². The van der Waals surface area contributed by atoms with Crippen LogP contribution < -0.4 is 10.1 Å². The number of carbonyl (C=O) groups excluding carboxylic acids is 1. The highest BCUT2D eigenvalue weighted by Gasteiger charge is 2.10. The molecule has 1 aromatic heterocycles. The molecule has 0 atom stereocenters. The van der Waals surface area contributed by atoms with E-state index in [1.165, 1.54) is 0 Å². The summed E-state index contributed by atoms with van der Waals surface area (Å²) in [5.74, 6) is 3.08. The van der Waals surface area contributed by atoms with Gasteiger partial charge in [-0.2, -0.15) is 11.8 Å². The third kappa shape index (κ3) is 4.06. The summed E-state index contributed by atoms with van der Waals surface area (Å²) in [5.41, 5.74) is 0.561. The van der Waals surface area contributed by atoms with Gasteiger partial charge in [-0.05, 0) is 24.3 Å². The molecule has 5 heteroatoms. The third-order valence-electron chi connectivity index (χ3n) is 2.71. The van der Waals surface area contributed by atoms with Crippen LogP contribution in [0.3, 0.4) is 0 Å². The molecule has 0 saturated carbocycles. The lowest BCUT2D eigenvalue weighted by Crippen LogP contribution is -2.26. The van der Waals surface area contributed by atoms with Crippen molar-refractivity contribution in [3.05, 3.63) is 54.0 Å². The fourth-order valence-corrected chi connectivity index (χ4v) is 2.49. The molecule has 2 rings (SSSR count). The summed E-state index contributed by atoms with van der Waals surface area (Å²) in [6, 6.07) is 11.0. The van der Waals surface area contributed by atoms with E-state index >= 15 is 0 Å². The number of ether oxygens (including phenoxy) is 1. The molecule has 0 radical (unpaired) electrons. The van der Waals surface area contributed by atoms with E-state index in [0.717, 1.165) is 17.3 Å². The van der Waals surface area contributed by atoms with Gasteiger partial charge in [0, 0.05) is 12.3 Å². The molecule has 1 amide bonds. The lowest BCUT2D eigenvalue weighted by atomic mass is 10.2. The zero-order valence-electron chi connectivity index (χ0n) is 11.3. The highest BCUT2D eigenvalue weighted by atomic mass is 32.2. The molecule has 20 heavy (non-hydrogen) atoms. The predicted molar refractivity (Wildman–Crippen MR) is 80.2 cm³/mol. The molecule has 4 nitrogen and oxygen atoms in total. The number of carbonyl (C=O) groups is 1. The molecule has 0 unspecified atom stereocenters. The molecule has 106 valence electrons. The summed E-state index contributed by atoms with van der Waals surface area (Å²) < 4.78 is 10.4. The number of furan rings is 1. The van der Waals surface area contributed by atoms with Crippen molar-refractivity contribution in [1.29, 1.82) is 0 Å². The van der Waals surface area contributed by atoms with Gasteiger partial charge >= 0.3 is 0 Å². The van der Waals surface area contributed by atoms with Gasteiger partial charge in [0.05, 0.1) is 24.7 Å². The fraction of sp³-hybridized carbons (Fsp3) is 0.267. The Hall–Kier alpha value is -1.88. The number of hydrogen-bond donors (Lipinski definition) is 1. The summed E-state index contributed by atoms with van der Waals surface area (Å²) in [6.45, 7) is 0.613. The van der Waals surface area contributed by atoms with Crippen LogP contribution in [0.4, 0.5) is 0 Å². The van der Waals surface area contributed by atoms with E-state index in [0.29, 0.717) is 17.9 Å². The van der Waals surface area contributed by atoms with E-state index in [1.54, 1.807) is 37.3 Å². The number of rotatable bonds is 7. The van der Waals surface area contributed by atoms with E-state index in [9.17, 15) is 4.79 Å². The van der Waals surface area contributed by atoms with Crippen molar-refractivity contribution in [3.63, 3.8) is 0 Å². The Morgan fingerprint density at radius 3 is 2.90 bits per heavy atom. The maximum Gasteiger partial charge on any atom is 0.255 e. The molecule has 0 aliphatic carbocycles. The molecule has 0 spiro atoms. The summed E-state index contributed by atoms with van der Waals surface area (Å²) in [4.78, 5) is 12.0. The number of methoxy groups -OCH3 is 1. The second-order valence-corrected chi connectivity index (χ2v) is 5.19. The minimum absolute atomic E-state index is 0.110. The predicted octanol–water partition coefficient (Wildman–Crippen LogP) is 2.95. The van der Waals surface area contributed by atoms with Crippen LogP contribution in [-0.4, -0.2) is 25.3 Å². The van der Waals surface area contributed by atoms with Crippen molar-refractivity contribution in [2.75, 3.05) is 19.4 Å². The van der Waals surface area contributed by atoms with Crippen molar-refractivity contribution >= 4 is 17.7 Å². The first-order valence-electron chi connectivity index (χ1n) is 6.32. The zero-order chi connectivity index (χ0) is 14.2. The Balaban J connectivity index is 1.72. The number of thioether (sulfide) groups is 1. The molecule has 0 saturated heterocycles. The summed E-state index contributed by atoms with van der Waals surface area (Å²) in [6.07, 6.45) is 1.67. The minimum atomic E-state index is -0.110. The van der Waals surface area contributed by atoms with Crippen molar-refractivity contribution < 1.29 is 13.9 Å². The number of para-hydroxylation sites is 1. The van der Waals surface area contributed by atoms with E-state index in [2.05, 4.69) is 5.32 Å². The molecule has 1 N–H and O–H groups in total. The number of benzene rings is 1.